The van der Waals surface area contributed by atoms with E-state index in [1.807, 2.05) is 6.92 Å². The maximum absolute atomic E-state index is 11.3. The zero-order chi connectivity index (χ0) is 6.41. The summed E-state index contributed by atoms with van der Waals surface area (Å²) in [6.07, 6.45) is 0. The van der Waals surface area contributed by atoms with Crippen molar-refractivity contribution in [1.29, 1.82) is 0 Å². The van der Waals surface area contributed by atoms with E-state index >= 15 is 0 Å². The van der Waals surface area contributed by atoms with Crippen molar-refractivity contribution in [3.63, 3.8) is 0 Å². The average molecular weight is 120 g/mol. The first-order valence-corrected chi connectivity index (χ1v) is 2.79. The van der Waals surface area contributed by atoms with Gasteiger partial charge in [-0.05, 0) is 6.92 Å². The Labute approximate surface area is 49.3 Å². The maximum Gasteiger partial charge on any atom is 0.102 e. The van der Waals surface area contributed by atoms with E-state index in [1.165, 1.54) is 0 Å². The van der Waals surface area contributed by atoms with Gasteiger partial charge in [0, 0.05) is 19.1 Å². The zero-order valence-electron chi connectivity index (χ0n) is 5.15. The lowest BCUT2D eigenvalue weighted by Gasteiger charge is -2.03. The summed E-state index contributed by atoms with van der Waals surface area (Å²) in [5, 5.41) is 2.83. The third-order valence-corrected chi connectivity index (χ3v) is 0.738. The summed E-state index contributed by atoms with van der Waals surface area (Å²) < 4.78 is 11.3. The van der Waals surface area contributed by atoms with Gasteiger partial charge in [-0.25, -0.2) is 4.39 Å². The smallest absolute Gasteiger partial charge is 0.102 e. The fourth-order valence-corrected chi connectivity index (χ4v) is 0.397. The molecule has 0 bridgehead atoms. The van der Waals surface area contributed by atoms with E-state index in [1.54, 1.807) is 0 Å². The molecule has 0 saturated heterocycles. The molecule has 2 nitrogen and oxygen atoms in total. The van der Waals surface area contributed by atoms with Crippen molar-refractivity contribution in [2.75, 3.05) is 19.8 Å². The van der Waals surface area contributed by atoms with Crippen LogP contribution in [-0.4, -0.2) is 25.8 Å². The summed E-state index contributed by atoms with van der Waals surface area (Å²) in [5.74, 6) is 0. The van der Waals surface area contributed by atoms with Gasteiger partial charge in [0.05, 0.1) is 0 Å². The first-order valence-electron chi connectivity index (χ1n) is 2.79. The monoisotopic (exact) mass is 120 g/mol. The van der Waals surface area contributed by atoms with Gasteiger partial charge < -0.3 is 11.1 Å². The van der Waals surface area contributed by atoms with Crippen molar-refractivity contribution in [3.8, 4) is 0 Å². The molecule has 0 heterocycles. The Morgan fingerprint density at radius 1 is 1.75 bits per heavy atom. The highest BCUT2D eigenvalue weighted by Gasteiger charge is 1.89. The Kier molecular flexibility index (Phi) is 4.90. The second-order valence-electron chi connectivity index (χ2n) is 1.87. The SMILES string of the molecule is C[C@@H](N)CNCCF. The van der Waals surface area contributed by atoms with Gasteiger partial charge in [-0.1, -0.05) is 0 Å². The number of alkyl halides is 1. The summed E-state index contributed by atoms with van der Waals surface area (Å²) in [6.45, 7) is 2.68. The average Bonchev–Trinajstić information content (AvgIpc) is 1.66. The highest BCUT2D eigenvalue weighted by molar-refractivity contribution is 4.55. The molecule has 0 spiro atoms. The summed E-state index contributed by atoms with van der Waals surface area (Å²) in [7, 11) is 0. The molecule has 0 fully saturated rings. The van der Waals surface area contributed by atoms with Gasteiger partial charge in [0.25, 0.3) is 0 Å². The molecule has 50 valence electrons. The fourth-order valence-electron chi connectivity index (χ4n) is 0.397. The fraction of sp³-hybridized carbons (Fsp3) is 1.00. The Morgan fingerprint density at radius 2 is 2.38 bits per heavy atom. The number of halogens is 1. The molecule has 3 N–H and O–H groups in total. The Morgan fingerprint density at radius 3 is 2.75 bits per heavy atom. The summed E-state index contributed by atoms with van der Waals surface area (Å²) in [4.78, 5) is 0. The molecular formula is C5H13FN2. The van der Waals surface area contributed by atoms with Gasteiger partial charge in [0.2, 0.25) is 0 Å². The number of hydrogen-bond donors (Lipinski definition) is 2. The van der Waals surface area contributed by atoms with E-state index in [4.69, 9.17) is 5.73 Å². The second-order valence-corrected chi connectivity index (χ2v) is 1.87. The lowest BCUT2D eigenvalue weighted by Crippen LogP contribution is -2.32. The number of rotatable bonds is 4. The summed E-state index contributed by atoms with van der Waals surface area (Å²) in [5.41, 5.74) is 5.35. The highest BCUT2D eigenvalue weighted by atomic mass is 19.1. The lowest BCUT2D eigenvalue weighted by atomic mass is 10.4. The second kappa shape index (κ2) is 5.00. The topological polar surface area (TPSA) is 38.0 Å². The first-order chi connectivity index (χ1) is 3.77. The van der Waals surface area contributed by atoms with Crippen LogP contribution < -0.4 is 11.1 Å². The normalized spacial score (nSPS) is 13.9. The Balaban J connectivity index is 2.72. The molecule has 0 aromatic heterocycles. The molecule has 0 radical (unpaired) electrons. The van der Waals surface area contributed by atoms with Crippen LogP contribution in [0.5, 0.6) is 0 Å². The van der Waals surface area contributed by atoms with Crippen LogP contribution in [0.3, 0.4) is 0 Å². The maximum atomic E-state index is 11.3. The van der Waals surface area contributed by atoms with Crippen LogP contribution >= 0.6 is 0 Å². The van der Waals surface area contributed by atoms with Gasteiger partial charge in [0.15, 0.2) is 0 Å². The number of nitrogens with two attached hydrogens (primary N) is 1. The van der Waals surface area contributed by atoms with Crippen LogP contribution in [0.2, 0.25) is 0 Å². The zero-order valence-corrected chi connectivity index (χ0v) is 5.15. The minimum absolute atomic E-state index is 0.126. The van der Waals surface area contributed by atoms with Crippen LogP contribution in [-0.2, 0) is 0 Å². The molecule has 0 aromatic carbocycles. The number of hydrogen-bond acceptors (Lipinski definition) is 2. The van der Waals surface area contributed by atoms with Crippen molar-refractivity contribution >= 4 is 0 Å². The minimum Gasteiger partial charge on any atom is -0.327 e. The van der Waals surface area contributed by atoms with Crippen LogP contribution in [0.25, 0.3) is 0 Å². The van der Waals surface area contributed by atoms with Gasteiger partial charge in [-0.3, -0.25) is 0 Å². The van der Waals surface area contributed by atoms with Crippen LogP contribution in [0.4, 0.5) is 4.39 Å². The summed E-state index contributed by atoms with van der Waals surface area (Å²) >= 11 is 0. The first kappa shape index (κ1) is 7.85. The molecule has 0 unspecified atom stereocenters. The molecule has 8 heavy (non-hydrogen) atoms. The summed E-state index contributed by atoms with van der Waals surface area (Å²) in [6, 6.07) is 0.126. The van der Waals surface area contributed by atoms with E-state index in [0.29, 0.717) is 13.1 Å². The van der Waals surface area contributed by atoms with E-state index in [0.717, 1.165) is 0 Å². The van der Waals surface area contributed by atoms with Gasteiger partial charge in [-0.15, -0.1) is 0 Å². The largest absolute Gasteiger partial charge is 0.327 e. The molecule has 0 amide bonds. The van der Waals surface area contributed by atoms with Crippen LogP contribution in [0.15, 0.2) is 0 Å². The highest BCUT2D eigenvalue weighted by Crippen LogP contribution is 1.69. The quantitative estimate of drug-likeness (QED) is 0.508. The van der Waals surface area contributed by atoms with Gasteiger partial charge in [-0.2, -0.15) is 0 Å². The minimum atomic E-state index is -0.313. The molecule has 0 aliphatic heterocycles. The predicted octanol–water partition coefficient (Wildman–Crippen LogP) is -0.107. The van der Waals surface area contributed by atoms with Crippen molar-refractivity contribution in [2.45, 2.75) is 13.0 Å². The predicted molar refractivity (Wildman–Crippen MR) is 32.5 cm³/mol. The number of nitrogens with one attached hydrogen (secondary N) is 1. The molecule has 0 aliphatic carbocycles. The molecule has 1 atom stereocenters. The molecule has 3 heteroatoms. The molecule has 0 aromatic rings. The molecule has 0 aliphatic rings. The van der Waals surface area contributed by atoms with Crippen LogP contribution in [0.1, 0.15) is 6.92 Å². The van der Waals surface area contributed by atoms with Crippen molar-refractivity contribution in [3.05, 3.63) is 0 Å². The van der Waals surface area contributed by atoms with E-state index < -0.39 is 0 Å². The third-order valence-electron chi connectivity index (χ3n) is 0.738. The van der Waals surface area contributed by atoms with E-state index in [9.17, 15) is 4.39 Å². The van der Waals surface area contributed by atoms with Crippen molar-refractivity contribution in [1.82, 2.24) is 5.32 Å². The Hall–Kier alpha value is -0.150. The van der Waals surface area contributed by atoms with Gasteiger partial charge in [0.1, 0.15) is 6.67 Å². The molecule has 0 saturated carbocycles. The van der Waals surface area contributed by atoms with E-state index in [2.05, 4.69) is 5.32 Å². The van der Waals surface area contributed by atoms with Gasteiger partial charge >= 0.3 is 0 Å². The van der Waals surface area contributed by atoms with Crippen molar-refractivity contribution in [2.24, 2.45) is 5.73 Å². The molecule has 0 rings (SSSR count). The van der Waals surface area contributed by atoms with Crippen molar-refractivity contribution < 1.29 is 4.39 Å². The lowest BCUT2D eigenvalue weighted by molar-refractivity contribution is 0.460. The Bertz CT molecular complexity index is 47.7. The van der Waals surface area contributed by atoms with Crippen LogP contribution in [0, 0.1) is 0 Å². The standard InChI is InChI=1S/C5H13FN2/c1-5(7)4-8-3-2-6/h5,8H,2-4,7H2,1H3/t5-/m1/s1. The molecular weight excluding hydrogens is 107 g/mol. The van der Waals surface area contributed by atoms with E-state index in [-0.39, 0.29) is 12.7 Å². The third kappa shape index (κ3) is 5.85.